The first-order valence-corrected chi connectivity index (χ1v) is 4.68. The number of rotatable bonds is 3. The van der Waals surface area contributed by atoms with Crippen LogP contribution in [0.2, 0.25) is 5.02 Å². The summed E-state index contributed by atoms with van der Waals surface area (Å²) >= 11 is 9.10. The number of hydrogen-bond acceptors (Lipinski definition) is 2. The molecule has 1 aromatic rings. The second-order valence-electron chi connectivity index (χ2n) is 2.24. The smallest absolute Gasteiger partial charge is 0.121 e. The summed E-state index contributed by atoms with van der Waals surface area (Å²) in [6, 6.07) is 5.40. The van der Waals surface area contributed by atoms with E-state index in [-0.39, 0.29) is 12.4 Å². The molecule has 1 aromatic carbocycles. The van der Waals surface area contributed by atoms with Crippen molar-refractivity contribution in [2.75, 3.05) is 13.2 Å². The van der Waals surface area contributed by atoms with Crippen LogP contribution in [0.3, 0.4) is 0 Å². The summed E-state index contributed by atoms with van der Waals surface area (Å²) in [5, 5.41) is 0.649. The van der Waals surface area contributed by atoms with E-state index in [0.29, 0.717) is 18.2 Å². The maximum atomic E-state index is 5.79. The van der Waals surface area contributed by atoms with Crippen LogP contribution in [0.25, 0.3) is 0 Å². The van der Waals surface area contributed by atoms with Gasteiger partial charge in [0.25, 0.3) is 0 Å². The van der Waals surface area contributed by atoms with Gasteiger partial charge in [-0.25, -0.2) is 0 Å². The van der Waals surface area contributed by atoms with Crippen molar-refractivity contribution in [3.8, 4) is 5.75 Å². The third-order valence-electron chi connectivity index (χ3n) is 1.22. The van der Waals surface area contributed by atoms with Crippen molar-refractivity contribution in [2.45, 2.75) is 0 Å². The van der Waals surface area contributed by atoms with E-state index in [1.807, 2.05) is 6.07 Å². The molecule has 0 aliphatic carbocycles. The Morgan fingerprint density at radius 2 is 2.08 bits per heavy atom. The van der Waals surface area contributed by atoms with E-state index < -0.39 is 0 Å². The molecule has 13 heavy (non-hydrogen) atoms. The lowest BCUT2D eigenvalue weighted by Gasteiger charge is -2.04. The molecule has 2 nitrogen and oxygen atoms in total. The Kier molecular flexibility index (Phi) is 6.51. The van der Waals surface area contributed by atoms with E-state index in [0.717, 1.165) is 10.2 Å². The highest BCUT2D eigenvalue weighted by atomic mass is 79.9. The van der Waals surface area contributed by atoms with Crippen LogP contribution in [0.15, 0.2) is 22.7 Å². The fraction of sp³-hybridized carbons (Fsp3) is 0.250. The van der Waals surface area contributed by atoms with Crippen LogP contribution in [0.4, 0.5) is 0 Å². The van der Waals surface area contributed by atoms with Crippen LogP contribution in [0.5, 0.6) is 5.75 Å². The molecule has 2 N–H and O–H groups in total. The Labute approximate surface area is 96.9 Å². The molecule has 0 unspecified atom stereocenters. The highest BCUT2D eigenvalue weighted by molar-refractivity contribution is 9.10. The molecule has 0 saturated carbocycles. The lowest BCUT2D eigenvalue weighted by molar-refractivity contribution is 0.328. The van der Waals surface area contributed by atoms with Crippen molar-refractivity contribution in [2.24, 2.45) is 5.73 Å². The second-order valence-corrected chi connectivity index (χ2v) is 3.59. The van der Waals surface area contributed by atoms with Crippen LogP contribution in [-0.4, -0.2) is 13.2 Å². The molecule has 0 aliphatic heterocycles. The van der Waals surface area contributed by atoms with Crippen molar-refractivity contribution in [1.82, 2.24) is 0 Å². The van der Waals surface area contributed by atoms with Gasteiger partial charge in [-0.15, -0.1) is 12.4 Å². The van der Waals surface area contributed by atoms with E-state index >= 15 is 0 Å². The topological polar surface area (TPSA) is 35.2 Å². The summed E-state index contributed by atoms with van der Waals surface area (Å²) in [6.45, 7) is 1.01. The minimum Gasteiger partial charge on any atom is -0.492 e. The van der Waals surface area contributed by atoms with Gasteiger partial charge in [0, 0.05) is 16.0 Å². The molecule has 0 aliphatic rings. The summed E-state index contributed by atoms with van der Waals surface area (Å²) in [7, 11) is 0. The van der Waals surface area contributed by atoms with Crippen LogP contribution in [0, 0.1) is 0 Å². The van der Waals surface area contributed by atoms with Gasteiger partial charge in [-0.05, 0) is 18.2 Å². The van der Waals surface area contributed by atoms with Gasteiger partial charge in [0.15, 0.2) is 0 Å². The van der Waals surface area contributed by atoms with Gasteiger partial charge >= 0.3 is 0 Å². The molecular weight excluding hydrogens is 277 g/mol. The zero-order valence-electron chi connectivity index (χ0n) is 6.80. The predicted octanol–water partition coefficient (Wildman–Crippen LogP) is 2.86. The monoisotopic (exact) mass is 285 g/mol. The SMILES string of the molecule is Cl.NCCOc1cc(Cl)cc(Br)c1. The van der Waals surface area contributed by atoms with Crippen LogP contribution >= 0.6 is 39.9 Å². The summed E-state index contributed by atoms with van der Waals surface area (Å²) < 4.78 is 6.18. The molecule has 0 spiro atoms. The third-order valence-corrected chi connectivity index (χ3v) is 1.90. The standard InChI is InChI=1S/C8H9BrClNO.ClH/c9-6-3-7(10)5-8(4-6)12-2-1-11;/h3-5H,1-2,11H2;1H. The van der Waals surface area contributed by atoms with Gasteiger partial charge in [-0.3, -0.25) is 0 Å². The number of nitrogens with two attached hydrogens (primary N) is 1. The van der Waals surface area contributed by atoms with Crippen LogP contribution in [-0.2, 0) is 0 Å². The Balaban J connectivity index is 0.00000144. The van der Waals surface area contributed by atoms with E-state index in [4.69, 9.17) is 22.1 Å². The second kappa shape index (κ2) is 6.49. The normalized spacial score (nSPS) is 9.15. The Morgan fingerprint density at radius 1 is 1.38 bits per heavy atom. The molecular formula is C8H10BrCl2NO. The molecule has 5 heteroatoms. The molecule has 0 aromatic heterocycles. The predicted molar refractivity (Wildman–Crippen MR) is 60.9 cm³/mol. The number of ether oxygens (including phenoxy) is 1. The van der Waals surface area contributed by atoms with E-state index in [9.17, 15) is 0 Å². The number of benzene rings is 1. The zero-order valence-corrected chi connectivity index (χ0v) is 9.95. The number of hydrogen-bond donors (Lipinski definition) is 1. The molecule has 0 radical (unpaired) electrons. The highest BCUT2D eigenvalue weighted by Crippen LogP contribution is 2.24. The summed E-state index contributed by atoms with van der Waals surface area (Å²) in [5.74, 6) is 0.736. The van der Waals surface area contributed by atoms with Crippen molar-refractivity contribution < 1.29 is 4.74 Å². The summed E-state index contributed by atoms with van der Waals surface area (Å²) in [4.78, 5) is 0. The molecule has 1 rings (SSSR count). The lowest BCUT2D eigenvalue weighted by Crippen LogP contribution is -2.10. The average molecular weight is 287 g/mol. The average Bonchev–Trinajstić information content (AvgIpc) is 1.99. The van der Waals surface area contributed by atoms with Gasteiger partial charge in [-0.2, -0.15) is 0 Å². The van der Waals surface area contributed by atoms with Crippen LogP contribution < -0.4 is 10.5 Å². The molecule has 0 atom stereocenters. The zero-order chi connectivity index (χ0) is 8.97. The van der Waals surface area contributed by atoms with E-state index in [1.165, 1.54) is 0 Å². The minimum absolute atomic E-state index is 0. The Bertz CT molecular complexity index is 250. The molecule has 0 saturated heterocycles. The number of halogens is 3. The summed E-state index contributed by atoms with van der Waals surface area (Å²) in [5.41, 5.74) is 5.28. The molecule has 0 heterocycles. The van der Waals surface area contributed by atoms with Gasteiger partial charge in [-0.1, -0.05) is 27.5 Å². The quantitative estimate of drug-likeness (QED) is 0.927. The minimum atomic E-state index is 0. The first-order chi connectivity index (χ1) is 5.72. The van der Waals surface area contributed by atoms with Gasteiger partial charge < -0.3 is 10.5 Å². The van der Waals surface area contributed by atoms with Crippen LogP contribution in [0.1, 0.15) is 0 Å². The van der Waals surface area contributed by atoms with Gasteiger partial charge in [0.1, 0.15) is 12.4 Å². The van der Waals surface area contributed by atoms with E-state index in [2.05, 4.69) is 15.9 Å². The Hall–Kier alpha value is 0.0400. The molecule has 74 valence electrons. The fourth-order valence-electron chi connectivity index (χ4n) is 0.789. The lowest BCUT2D eigenvalue weighted by atomic mass is 10.3. The van der Waals surface area contributed by atoms with Gasteiger partial charge in [0.05, 0.1) is 0 Å². The van der Waals surface area contributed by atoms with Crippen molar-refractivity contribution in [3.05, 3.63) is 27.7 Å². The molecule has 0 amide bonds. The highest BCUT2D eigenvalue weighted by Gasteiger charge is 1.97. The molecule has 0 bridgehead atoms. The largest absolute Gasteiger partial charge is 0.492 e. The maximum Gasteiger partial charge on any atom is 0.121 e. The van der Waals surface area contributed by atoms with E-state index in [1.54, 1.807) is 12.1 Å². The van der Waals surface area contributed by atoms with Crippen molar-refractivity contribution >= 4 is 39.9 Å². The third kappa shape index (κ3) is 4.72. The van der Waals surface area contributed by atoms with Gasteiger partial charge in [0.2, 0.25) is 0 Å². The first-order valence-electron chi connectivity index (χ1n) is 3.51. The van der Waals surface area contributed by atoms with Crippen molar-refractivity contribution in [3.63, 3.8) is 0 Å². The summed E-state index contributed by atoms with van der Waals surface area (Å²) in [6.07, 6.45) is 0. The van der Waals surface area contributed by atoms with Crippen molar-refractivity contribution in [1.29, 1.82) is 0 Å². The first kappa shape index (κ1) is 13.0. The Morgan fingerprint density at radius 3 is 2.62 bits per heavy atom. The maximum absolute atomic E-state index is 5.79. The fourth-order valence-corrected chi connectivity index (χ4v) is 1.62. The molecule has 0 fully saturated rings.